The van der Waals surface area contributed by atoms with Gasteiger partial charge in [0.15, 0.2) is 0 Å². The molecule has 4 amide bonds. The van der Waals surface area contributed by atoms with Crippen molar-refractivity contribution >= 4 is 17.8 Å². The van der Waals surface area contributed by atoms with E-state index in [0.29, 0.717) is 11.3 Å². The van der Waals surface area contributed by atoms with E-state index in [4.69, 9.17) is 0 Å². The van der Waals surface area contributed by atoms with Gasteiger partial charge in [0.2, 0.25) is 5.91 Å². The number of nitrogens with one attached hydrogen (secondary N) is 1. The van der Waals surface area contributed by atoms with E-state index in [1.165, 1.54) is 4.90 Å². The maximum absolute atomic E-state index is 13.3. The summed E-state index contributed by atoms with van der Waals surface area (Å²) in [7, 11) is 1.67. The Balaban J connectivity index is 1.65. The molecule has 2 atom stereocenters. The molecule has 7 heteroatoms. The number of hydrogen-bond acceptors (Lipinski definition) is 3. The zero-order valence-corrected chi connectivity index (χ0v) is 16.6. The van der Waals surface area contributed by atoms with Crippen LogP contribution in [0.2, 0.25) is 0 Å². The zero-order chi connectivity index (χ0) is 20.0. The van der Waals surface area contributed by atoms with Crippen molar-refractivity contribution < 1.29 is 14.4 Å². The van der Waals surface area contributed by atoms with Gasteiger partial charge in [-0.05, 0) is 32.3 Å². The van der Waals surface area contributed by atoms with Gasteiger partial charge in [-0.1, -0.05) is 29.8 Å². The van der Waals surface area contributed by atoms with Crippen molar-refractivity contribution in [1.29, 1.82) is 0 Å². The molecule has 0 radical (unpaired) electrons. The Labute approximate surface area is 165 Å². The normalized spacial score (nSPS) is 23.2. The van der Waals surface area contributed by atoms with Gasteiger partial charge in [-0.25, -0.2) is 4.79 Å². The first-order valence-electron chi connectivity index (χ1n) is 9.82. The van der Waals surface area contributed by atoms with Gasteiger partial charge < -0.3 is 15.1 Å². The molecule has 1 aromatic rings. The van der Waals surface area contributed by atoms with Gasteiger partial charge in [-0.2, -0.15) is 0 Å². The number of carbonyl (C=O) groups excluding carboxylic acids is 3. The van der Waals surface area contributed by atoms with E-state index in [-0.39, 0.29) is 24.4 Å². The molecule has 0 bridgehead atoms. The molecular weight excluding hydrogens is 356 g/mol. The van der Waals surface area contributed by atoms with E-state index in [9.17, 15) is 14.4 Å². The Bertz CT molecular complexity index is 872. The third kappa shape index (κ3) is 2.95. The highest BCUT2D eigenvalue weighted by atomic mass is 16.2. The molecule has 0 aromatic heterocycles. The van der Waals surface area contributed by atoms with E-state index in [1.54, 1.807) is 18.9 Å². The minimum Gasteiger partial charge on any atom is -0.341 e. The predicted molar refractivity (Wildman–Crippen MR) is 104 cm³/mol. The SMILES string of the molecule is Cc1cccc([C@@H]2NC(=O)N(C)C3=C2C(=O)N([C@H](C)C(=O)N2CCCC2)C3)c1. The molecule has 0 aliphatic carbocycles. The molecule has 28 heavy (non-hydrogen) atoms. The highest BCUT2D eigenvalue weighted by Crippen LogP contribution is 2.36. The second kappa shape index (κ2) is 6.96. The largest absolute Gasteiger partial charge is 0.341 e. The van der Waals surface area contributed by atoms with E-state index < -0.39 is 12.1 Å². The molecular formula is C21H26N4O3. The summed E-state index contributed by atoms with van der Waals surface area (Å²) >= 11 is 0. The Morgan fingerprint density at radius 1 is 1.21 bits per heavy atom. The first-order valence-corrected chi connectivity index (χ1v) is 9.82. The van der Waals surface area contributed by atoms with Crippen LogP contribution in [0.4, 0.5) is 4.79 Å². The van der Waals surface area contributed by atoms with Crippen LogP contribution >= 0.6 is 0 Å². The average molecular weight is 382 g/mol. The second-order valence-corrected chi connectivity index (χ2v) is 7.86. The quantitative estimate of drug-likeness (QED) is 0.866. The van der Waals surface area contributed by atoms with Crippen molar-refractivity contribution in [3.63, 3.8) is 0 Å². The lowest BCUT2D eigenvalue weighted by atomic mass is 9.94. The van der Waals surface area contributed by atoms with Crippen molar-refractivity contribution in [3.05, 3.63) is 46.7 Å². The number of carbonyl (C=O) groups is 3. The Kier molecular flexibility index (Phi) is 4.61. The molecule has 4 rings (SSSR count). The zero-order valence-electron chi connectivity index (χ0n) is 16.6. The molecule has 1 N–H and O–H groups in total. The smallest absolute Gasteiger partial charge is 0.322 e. The van der Waals surface area contributed by atoms with Crippen LogP contribution in [0.1, 0.15) is 36.9 Å². The molecule has 148 valence electrons. The maximum atomic E-state index is 13.3. The lowest BCUT2D eigenvalue weighted by Gasteiger charge is -2.31. The fourth-order valence-electron chi connectivity index (χ4n) is 4.34. The lowest BCUT2D eigenvalue weighted by Crippen LogP contribution is -2.47. The molecule has 7 nitrogen and oxygen atoms in total. The van der Waals surface area contributed by atoms with Crippen LogP contribution in [0.25, 0.3) is 0 Å². The summed E-state index contributed by atoms with van der Waals surface area (Å²) in [6, 6.07) is 6.53. The number of amides is 4. The minimum atomic E-state index is -0.544. The van der Waals surface area contributed by atoms with Gasteiger partial charge >= 0.3 is 6.03 Å². The number of likely N-dealkylation sites (tertiary alicyclic amines) is 1. The lowest BCUT2D eigenvalue weighted by molar-refractivity contribution is -0.141. The summed E-state index contributed by atoms with van der Waals surface area (Å²) in [5, 5.41) is 2.94. The topological polar surface area (TPSA) is 73.0 Å². The van der Waals surface area contributed by atoms with Crippen LogP contribution in [-0.4, -0.2) is 65.3 Å². The Morgan fingerprint density at radius 2 is 1.93 bits per heavy atom. The van der Waals surface area contributed by atoms with E-state index in [0.717, 1.165) is 37.1 Å². The standard InChI is InChI=1S/C21H26N4O3/c1-13-7-6-8-15(11-13)18-17-16(23(3)21(28)22-18)12-25(20(17)27)14(2)19(26)24-9-4-5-10-24/h6-8,11,14,18H,4-5,9-10,12H2,1-3H3,(H,22,28)/t14-,18+/m1/s1. The van der Waals surface area contributed by atoms with E-state index in [1.807, 2.05) is 36.1 Å². The van der Waals surface area contributed by atoms with Crippen LogP contribution < -0.4 is 5.32 Å². The molecule has 0 spiro atoms. The number of likely N-dealkylation sites (N-methyl/N-ethyl adjacent to an activating group) is 1. The number of nitrogens with zero attached hydrogens (tertiary/aromatic N) is 3. The second-order valence-electron chi connectivity index (χ2n) is 7.86. The average Bonchev–Trinajstić information content (AvgIpc) is 3.32. The summed E-state index contributed by atoms with van der Waals surface area (Å²) < 4.78 is 0. The first-order chi connectivity index (χ1) is 13.4. The van der Waals surface area contributed by atoms with E-state index in [2.05, 4.69) is 5.32 Å². The highest BCUT2D eigenvalue weighted by Gasteiger charge is 2.45. The summed E-state index contributed by atoms with van der Waals surface area (Å²) in [5.41, 5.74) is 3.19. The fraction of sp³-hybridized carbons (Fsp3) is 0.476. The monoisotopic (exact) mass is 382 g/mol. The predicted octanol–water partition coefficient (Wildman–Crippen LogP) is 1.80. The van der Waals surface area contributed by atoms with Crippen LogP contribution in [0.3, 0.4) is 0 Å². The molecule has 3 aliphatic heterocycles. The van der Waals surface area contributed by atoms with Gasteiger partial charge in [0, 0.05) is 20.1 Å². The Morgan fingerprint density at radius 3 is 2.61 bits per heavy atom. The number of rotatable bonds is 3. The van der Waals surface area contributed by atoms with Gasteiger partial charge in [0.1, 0.15) is 6.04 Å². The molecule has 0 unspecified atom stereocenters. The molecule has 1 saturated heterocycles. The molecule has 3 aliphatic rings. The summed E-state index contributed by atoms with van der Waals surface area (Å²) in [4.78, 5) is 43.6. The van der Waals surface area contributed by atoms with Gasteiger partial charge in [-0.15, -0.1) is 0 Å². The van der Waals surface area contributed by atoms with Crippen molar-refractivity contribution in [1.82, 2.24) is 20.0 Å². The molecule has 0 saturated carbocycles. The van der Waals surface area contributed by atoms with Crippen molar-refractivity contribution in [2.75, 3.05) is 26.7 Å². The minimum absolute atomic E-state index is 0.0141. The first kappa shape index (κ1) is 18.5. The van der Waals surface area contributed by atoms with Crippen LogP contribution in [0.5, 0.6) is 0 Å². The molecule has 1 aromatic carbocycles. The Hall–Kier alpha value is -2.83. The third-order valence-corrected chi connectivity index (χ3v) is 6.01. The van der Waals surface area contributed by atoms with Crippen molar-refractivity contribution in [2.24, 2.45) is 0 Å². The maximum Gasteiger partial charge on any atom is 0.322 e. The fourth-order valence-corrected chi connectivity index (χ4v) is 4.34. The summed E-state index contributed by atoms with van der Waals surface area (Å²) in [6.45, 7) is 5.55. The number of urea groups is 1. The van der Waals surface area contributed by atoms with Crippen LogP contribution in [0, 0.1) is 6.92 Å². The third-order valence-electron chi connectivity index (χ3n) is 6.01. The van der Waals surface area contributed by atoms with Crippen LogP contribution in [-0.2, 0) is 9.59 Å². The van der Waals surface area contributed by atoms with Crippen molar-refractivity contribution in [2.45, 2.75) is 38.8 Å². The number of hydrogen-bond donors (Lipinski definition) is 1. The number of aryl methyl sites for hydroxylation is 1. The summed E-state index contributed by atoms with van der Waals surface area (Å²) in [5.74, 6) is -0.187. The van der Waals surface area contributed by atoms with E-state index >= 15 is 0 Å². The van der Waals surface area contributed by atoms with Crippen LogP contribution in [0.15, 0.2) is 35.5 Å². The number of benzene rings is 1. The molecule has 3 heterocycles. The summed E-state index contributed by atoms with van der Waals surface area (Å²) in [6.07, 6.45) is 2.02. The van der Waals surface area contributed by atoms with Gasteiger partial charge in [0.25, 0.3) is 5.91 Å². The van der Waals surface area contributed by atoms with Gasteiger partial charge in [-0.3, -0.25) is 14.5 Å². The van der Waals surface area contributed by atoms with Crippen molar-refractivity contribution in [3.8, 4) is 0 Å². The van der Waals surface area contributed by atoms with Gasteiger partial charge in [0.05, 0.1) is 23.9 Å². The highest BCUT2D eigenvalue weighted by molar-refractivity contribution is 6.03. The molecule has 1 fully saturated rings.